The van der Waals surface area contributed by atoms with E-state index in [4.69, 9.17) is 9.47 Å². The lowest BCUT2D eigenvalue weighted by Gasteiger charge is -2.20. The highest BCUT2D eigenvalue weighted by molar-refractivity contribution is 6.03. The molecule has 5 nitrogen and oxygen atoms in total. The molecule has 3 rings (SSSR count). The maximum absolute atomic E-state index is 12.6. The largest absolute Gasteiger partial charge is 0.493 e. The molecule has 0 saturated carbocycles. The third-order valence-electron chi connectivity index (χ3n) is 3.67. The van der Waals surface area contributed by atoms with E-state index in [1.807, 2.05) is 11.1 Å². The summed E-state index contributed by atoms with van der Waals surface area (Å²) in [5, 5.41) is 0. The summed E-state index contributed by atoms with van der Waals surface area (Å²) in [5.41, 5.74) is 1.17. The van der Waals surface area contributed by atoms with Gasteiger partial charge in [-0.15, -0.1) is 0 Å². The summed E-state index contributed by atoms with van der Waals surface area (Å²) < 4.78 is 10.6. The Kier molecular flexibility index (Phi) is 3.18. The molecule has 1 amide bonds. The van der Waals surface area contributed by atoms with Gasteiger partial charge in [0.25, 0.3) is 5.91 Å². The van der Waals surface area contributed by atoms with E-state index in [9.17, 15) is 4.79 Å². The fourth-order valence-corrected chi connectivity index (χ4v) is 2.69. The van der Waals surface area contributed by atoms with Gasteiger partial charge in [0, 0.05) is 18.8 Å². The van der Waals surface area contributed by atoms with Crippen LogP contribution in [-0.4, -0.2) is 36.7 Å². The number of carbonyl (C=O) groups excluding carboxylic acids is 1. The van der Waals surface area contributed by atoms with Gasteiger partial charge in [-0.25, -0.2) is 0 Å². The predicted molar refractivity (Wildman–Crippen MR) is 76.0 cm³/mol. The van der Waals surface area contributed by atoms with Gasteiger partial charge in [0.05, 0.1) is 30.7 Å². The second-order valence-corrected chi connectivity index (χ2v) is 4.79. The molecule has 2 heterocycles. The number of rotatable bonds is 3. The lowest BCUT2D eigenvalue weighted by molar-refractivity contribution is 0.0774. The summed E-state index contributed by atoms with van der Waals surface area (Å²) in [5.74, 6) is 1.02. The first kappa shape index (κ1) is 12.7. The molecule has 1 aromatic rings. The minimum absolute atomic E-state index is 0.00320. The first-order valence-corrected chi connectivity index (χ1v) is 6.59. The monoisotopic (exact) mass is 272 g/mol. The number of ether oxygens (including phenoxy) is 2. The molecule has 1 fully saturated rings. The SMILES string of the molecule is C=COc1cc2c(cc1OC)C(=O)N1CCC[C@H]1C=N2. The summed E-state index contributed by atoms with van der Waals surface area (Å²) >= 11 is 0. The molecule has 0 unspecified atom stereocenters. The number of methoxy groups -OCH3 is 1. The van der Waals surface area contributed by atoms with Gasteiger partial charge in [0.15, 0.2) is 11.5 Å². The first-order valence-electron chi connectivity index (χ1n) is 6.59. The highest BCUT2D eigenvalue weighted by atomic mass is 16.5. The van der Waals surface area contributed by atoms with Gasteiger partial charge < -0.3 is 14.4 Å². The Bertz CT molecular complexity index is 595. The van der Waals surface area contributed by atoms with Gasteiger partial charge in [-0.3, -0.25) is 9.79 Å². The standard InChI is InChI=1S/C15H16N2O3/c1-3-20-14-8-12-11(7-13(14)19-2)15(18)17-6-4-5-10(17)9-16-12/h3,7-10H,1,4-6H2,2H3/t10-/m0/s1. The van der Waals surface area contributed by atoms with Crippen molar-refractivity contribution in [3.05, 3.63) is 30.5 Å². The van der Waals surface area contributed by atoms with Crippen molar-refractivity contribution in [3.8, 4) is 11.5 Å². The van der Waals surface area contributed by atoms with Crippen LogP contribution in [0.5, 0.6) is 11.5 Å². The second-order valence-electron chi connectivity index (χ2n) is 4.79. The third-order valence-corrected chi connectivity index (χ3v) is 3.67. The van der Waals surface area contributed by atoms with Gasteiger partial charge in [0.2, 0.25) is 0 Å². The lowest BCUT2D eigenvalue weighted by Crippen LogP contribution is -2.35. The van der Waals surface area contributed by atoms with E-state index < -0.39 is 0 Å². The maximum Gasteiger partial charge on any atom is 0.256 e. The minimum atomic E-state index is 0.00320. The number of hydrogen-bond donors (Lipinski definition) is 0. The van der Waals surface area contributed by atoms with E-state index in [2.05, 4.69) is 11.6 Å². The van der Waals surface area contributed by atoms with Crippen LogP contribution in [0.15, 0.2) is 30.0 Å². The fourth-order valence-electron chi connectivity index (χ4n) is 2.69. The summed E-state index contributed by atoms with van der Waals surface area (Å²) in [7, 11) is 1.54. The van der Waals surface area contributed by atoms with E-state index in [1.165, 1.54) is 6.26 Å². The summed E-state index contributed by atoms with van der Waals surface area (Å²) in [6.07, 6.45) is 5.16. The molecule has 0 radical (unpaired) electrons. The zero-order chi connectivity index (χ0) is 14.1. The van der Waals surface area contributed by atoms with Gasteiger partial charge in [-0.2, -0.15) is 0 Å². The van der Waals surface area contributed by atoms with Crippen LogP contribution in [0.25, 0.3) is 0 Å². The third kappa shape index (κ3) is 1.95. The van der Waals surface area contributed by atoms with Crippen LogP contribution >= 0.6 is 0 Å². The molecule has 0 aromatic heterocycles. The van der Waals surface area contributed by atoms with Gasteiger partial charge in [-0.05, 0) is 18.9 Å². The van der Waals surface area contributed by atoms with Crippen LogP contribution in [0.3, 0.4) is 0 Å². The summed E-state index contributed by atoms with van der Waals surface area (Å²) in [6, 6.07) is 3.51. The second kappa shape index (κ2) is 5.00. The molecule has 0 bridgehead atoms. The predicted octanol–water partition coefficient (Wildman–Crippen LogP) is 2.54. The van der Waals surface area contributed by atoms with Crippen LogP contribution < -0.4 is 9.47 Å². The molecule has 2 aliphatic heterocycles. The topological polar surface area (TPSA) is 51.1 Å². The Morgan fingerprint density at radius 2 is 2.30 bits per heavy atom. The molecule has 0 N–H and O–H groups in total. The summed E-state index contributed by atoms with van der Waals surface area (Å²) in [6.45, 7) is 4.31. The molecule has 2 aliphatic rings. The zero-order valence-corrected chi connectivity index (χ0v) is 11.3. The molecule has 1 aromatic carbocycles. The first-order chi connectivity index (χ1) is 9.74. The Hall–Kier alpha value is -2.30. The van der Waals surface area contributed by atoms with Crippen molar-refractivity contribution >= 4 is 17.8 Å². The Morgan fingerprint density at radius 3 is 3.05 bits per heavy atom. The Labute approximate surface area is 117 Å². The van der Waals surface area contributed by atoms with E-state index >= 15 is 0 Å². The number of benzene rings is 1. The van der Waals surface area contributed by atoms with E-state index in [0.29, 0.717) is 22.7 Å². The maximum atomic E-state index is 12.6. The van der Waals surface area contributed by atoms with Gasteiger partial charge in [-0.1, -0.05) is 6.58 Å². The lowest BCUT2D eigenvalue weighted by atomic mass is 10.1. The highest BCUT2D eigenvalue weighted by Crippen LogP contribution is 2.37. The molecule has 0 aliphatic carbocycles. The molecule has 104 valence electrons. The minimum Gasteiger partial charge on any atom is -0.493 e. The summed E-state index contributed by atoms with van der Waals surface area (Å²) in [4.78, 5) is 18.9. The number of hydrogen-bond acceptors (Lipinski definition) is 4. The number of carbonyl (C=O) groups is 1. The van der Waals surface area contributed by atoms with E-state index in [0.717, 1.165) is 19.4 Å². The molecule has 0 spiro atoms. The molecule has 1 saturated heterocycles. The van der Waals surface area contributed by atoms with Gasteiger partial charge >= 0.3 is 0 Å². The number of nitrogens with zero attached hydrogens (tertiary/aromatic N) is 2. The average Bonchev–Trinajstić information content (AvgIpc) is 2.88. The quantitative estimate of drug-likeness (QED) is 0.794. The highest BCUT2D eigenvalue weighted by Gasteiger charge is 2.32. The van der Waals surface area contributed by atoms with Crippen molar-refractivity contribution in [1.82, 2.24) is 4.90 Å². The van der Waals surface area contributed by atoms with Crippen LogP contribution in [0.1, 0.15) is 23.2 Å². The van der Waals surface area contributed by atoms with Crippen molar-refractivity contribution in [3.63, 3.8) is 0 Å². The van der Waals surface area contributed by atoms with Crippen molar-refractivity contribution in [1.29, 1.82) is 0 Å². The van der Waals surface area contributed by atoms with Crippen LogP contribution in [-0.2, 0) is 0 Å². The van der Waals surface area contributed by atoms with Crippen molar-refractivity contribution in [2.24, 2.45) is 4.99 Å². The number of amides is 1. The van der Waals surface area contributed by atoms with Gasteiger partial charge in [0.1, 0.15) is 0 Å². The smallest absolute Gasteiger partial charge is 0.256 e. The number of aliphatic imine (C=N–C) groups is 1. The molecule has 20 heavy (non-hydrogen) atoms. The molecular formula is C15H16N2O3. The number of fused-ring (bicyclic) bond motifs is 2. The Balaban J connectivity index is 2.10. The fraction of sp³-hybridized carbons (Fsp3) is 0.333. The molecule has 1 atom stereocenters. The van der Waals surface area contributed by atoms with Crippen molar-refractivity contribution in [2.45, 2.75) is 18.9 Å². The van der Waals surface area contributed by atoms with Crippen LogP contribution in [0.4, 0.5) is 5.69 Å². The van der Waals surface area contributed by atoms with Crippen LogP contribution in [0, 0.1) is 0 Å². The van der Waals surface area contributed by atoms with E-state index in [1.54, 1.807) is 19.2 Å². The Morgan fingerprint density at radius 1 is 1.45 bits per heavy atom. The average molecular weight is 272 g/mol. The van der Waals surface area contributed by atoms with Crippen molar-refractivity contribution < 1.29 is 14.3 Å². The van der Waals surface area contributed by atoms with E-state index in [-0.39, 0.29) is 11.9 Å². The molecule has 5 heteroatoms. The zero-order valence-electron chi connectivity index (χ0n) is 11.3. The normalized spacial score (nSPS) is 20.1. The van der Waals surface area contributed by atoms with Crippen molar-refractivity contribution in [2.75, 3.05) is 13.7 Å². The van der Waals surface area contributed by atoms with Crippen LogP contribution in [0.2, 0.25) is 0 Å². The molecular weight excluding hydrogens is 256 g/mol.